The van der Waals surface area contributed by atoms with E-state index in [1.165, 1.54) is 6.08 Å². The molecule has 0 aliphatic carbocycles. The second-order valence-corrected chi connectivity index (χ2v) is 2.78. The lowest BCUT2D eigenvalue weighted by molar-refractivity contribution is -0.107. The third kappa shape index (κ3) is 3.30. The Hall–Kier alpha value is -1.28. The second kappa shape index (κ2) is 4.67. The molecule has 68 valence electrons. The molecule has 0 saturated carbocycles. The Morgan fingerprint density at radius 2 is 2.00 bits per heavy atom. The van der Waals surface area contributed by atoms with Crippen molar-refractivity contribution in [3.8, 4) is 5.75 Å². The monoisotopic (exact) mass is 196 g/mol. The fourth-order valence-electron chi connectivity index (χ4n) is 0.877. The molecule has 0 saturated heterocycles. The van der Waals surface area contributed by atoms with Gasteiger partial charge in [-0.25, -0.2) is 0 Å². The number of benzene rings is 1. The van der Waals surface area contributed by atoms with Crippen molar-refractivity contribution in [2.75, 3.05) is 7.11 Å². The molecule has 0 N–H and O–H groups in total. The van der Waals surface area contributed by atoms with Crippen LogP contribution in [-0.4, -0.2) is 12.4 Å². The zero-order chi connectivity index (χ0) is 9.68. The number of carbonyl (C=O) groups is 1. The summed E-state index contributed by atoms with van der Waals surface area (Å²) in [5, 5.41) is -0.476. The number of rotatable bonds is 3. The third-order valence-electron chi connectivity index (χ3n) is 1.52. The molecule has 0 bridgehead atoms. The molecule has 0 atom stereocenters. The van der Waals surface area contributed by atoms with Crippen LogP contribution in [0.2, 0.25) is 0 Å². The van der Waals surface area contributed by atoms with Crippen molar-refractivity contribution >= 4 is 22.9 Å². The summed E-state index contributed by atoms with van der Waals surface area (Å²) in [5.74, 6) is 0.786. The van der Waals surface area contributed by atoms with Gasteiger partial charge in [0.15, 0.2) is 0 Å². The minimum absolute atomic E-state index is 0.476. The molecule has 0 radical (unpaired) electrons. The molecule has 0 aliphatic rings. The molecule has 0 heterocycles. The average molecular weight is 197 g/mol. The summed E-state index contributed by atoms with van der Waals surface area (Å²) in [6, 6.07) is 7.32. The smallest absolute Gasteiger partial charge is 0.245 e. The van der Waals surface area contributed by atoms with Gasteiger partial charge in [-0.15, -0.1) is 0 Å². The molecular formula is C10H9ClO2. The van der Waals surface area contributed by atoms with Gasteiger partial charge in [0, 0.05) is 0 Å². The van der Waals surface area contributed by atoms with Gasteiger partial charge in [-0.2, -0.15) is 0 Å². The van der Waals surface area contributed by atoms with Crippen LogP contribution in [0.4, 0.5) is 0 Å². The summed E-state index contributed by atoms with van der Waals surface area (Å²) < 4.78 is 4.98. The maximum atomic E-state index is 10.4. The molecule has 1 rings (SSSR count). The highest BCUT2D eigenvalue weighted by Crippen LogP contribution is 2.12. The fourth-order valence-corrected chi connectivity index (χ4v) is 0.940. The average Bonchev–Trinajstić information content (AvgIpc) is 2.15. The summed E-state index contributed by atoms with van der Waals surface area (Å²) in [5.41, 5.74) is 0.912. The predicted molar refractivity (Wildman–Crippen MR) is 52.9 cm³/mol. The molecular weight excluding hydrogens is 188 g/mol. The van der Waals surface area contributed by atoms with Gasteiger partial charge >= 0.3 is 0 Å². The van der Waals surface area contributed by atoms with Gasteiger partial charge in [-0.05, 0) is 35.4 Å². The van der Waals surface area contributed by atoms with Gasteiger partial charge in [0.1, 0.15) is 5.75 Å². The fraction of sp³-hybridized carbons (Fsp3) is 0.100. The summed E-state index contributed by atoms with van der Waals surface area (Å²) in [7, 11) is 1.60. The van der Waals surface area contributed by atoms with E-state index >= 15 is 0 Å². The minimum Gasteiger partial charge on any atom is -0.497 e. The van der Waals surface area contributed by atoms with Crippen molar-refractivity contribution in [3.05, 3.63) is 35.9 Å². The van der Waals surface area contributed by atoms with Gasteiger partial charge in [-0.3, -0.25) is 4.79 Å². The van der Waals surface area contributed by atoms with Crippen molar-refractivity contribution in [1.29, 1.82) is 0 Å². The first-order chi connectivity index (χ1) is 6.22. The van der Waals surface area contributed by atoms with E-state index in [0.717, 1.165) is 11.3 Å². The summed E-state index contributed by atoms with van der Waals surface area (Å²) >= 11 is 5.14. The van der Waals surface area contributed by atoms with Gasteiger partial charge in [0.2, 0.25) is 5.24 Å². The van der Waals surface area contributed by atoms with Crippen LogP contribution >= 0.6 is 11.6 Å². The predicted octanol–water partition coefficient (Wildman–Crippen LogP) is 2.47. The van der Waals surface area contributed by atoms with E-state index in [4.69, 9.17) is 16.3 Å². The highest BCUT2D eigenvalue weighted by Gasteiger charge is 1.90. The summed E-state index contributed by atoms with van der Waals surface area (Å²) in [6.45, 7) is 0. The Bertz CT molecular complexity index is 314. The van der Waals surface area contributed by atoms with Gasteiger partial charge in [0.05, 0.1) is 7.11 Å². The van der Waals surface area contributed by atoms with Crippen LogP contribution in [0.1, 0.15) is 5.56 Å². The van der Waals surface area contributed by atoms with Crippen LogP contribution in [-0.2, 0) is 4.79 Å². The number of hydrogen-bond donors (Lipinski definition) is 0. The number of hydrogen-bond acceptors (Lipinski definition) is 2. The highest BCUT2D eigenvalue weighted by molar-refractivity contribution is 6.66. The first-order valence-electron chi connectivity index (χ1n) is 3.74. The van der Waals surface area contributed by atoms with Crippen LogP contribution in [0.3, 0.4) is 0 Å². The largest absolute Gasteiger partial charge is 0.497 e. The van der Waals surface area contributed by atoms with Crippen molar-refractivity contribution < 1.29 is 9.53 Å². The molecule has 0 aliphatic heterocycles. The molecule has 0 spiro atoms. The van der Waals surface area contributed by atoms with E-state index in [1.54, 1.807) is 13.2 Å². The van der Waals surface area contributed by atoms with E-state index in [9.17, 15) is 4.79 Å². The molecule has 2 nitrogen and oxygen atoms in total. The zero-order valence-corrected chi connectivity index (χ0v) is 7.91. The van der Waals surface area contributed by atoms with Crippen LogP contribution in [0.25, 0.3) is 6.08 Å². The quantitative estimate of drug-likeness (QED) is 0.549. The lowest BCUT2D eigenvalue weighted by atomic mass is 10.2. The first-order valence-corrected chi connectivity index (χ1v) is 4.12. The Morgan fingerprint density at radius 3 is 2.46 bits per heavy atom. The highest BCUT2D eigenvalue weighted by atomic mass is 35.5. The maximum absolute atomic E-state index is 10.4. The Kier molecular flexibility index (Phi) is 3.53. The van der Waals surface area contributed by atoms with Crippen molar-refractivity contribution in [2.24, 2.45) is 0 Å². The summed E-state index contributed by atoms with van der Waals surface area (Å²) in [4.78, 5) is 10.4. The molecule has 1 aromatic rings. The molecule has 13 heavy (non-hydrogen) atoms. The second-order valence-electron chi connectivity index (χ2n) is 2.41. The van der Waals surface area contributed by atoms with E-state index in [1.807, 2.05) is 24.3 Å². The topological polar surface area (TPSA) is 26.3 Å². The van der Waals surface area contributed by atoms with Crippen molar-refractivity contribution in [1.82, 2.24) is 0 Å². The lowest BCUT2D eigenvalue weighted by Gasteiger charge is -1.98. The Labute approximate surface area is 81.8 Å². The molecule has 0 fully saturated rings. The minimum atomic E-state index is -0.476. The van der Waals surface area contributed by atoms with Gasteiger partial charge < -0.3 is 4.74 Å². The number of halogens is 1. The normalized spacial score (nSPS) is 10.3. The number of ether oxygens (including phenoxy) is 1. The SMILES string of the molecule is COc1ccc(/C=C\C(=O)Cl)cc1. The molecule has 0 unspecified atom stereocenters. The Balaban J connectivity index is 2.75. The van der Waals surface area contributed by atoms with Crippen LogP contribution in [0.5, 0.6) is 5.75 Å². The van der Waals surface area contributed by atoms with Crippen LogP contribution in [0, 0.1) is 0 Å². The van der Waals surface area contributed by atoms with E-state index in [0.29, 0.717) is 0 Å². The third-order valence-corrected chi connectivity index (χ3v) is 1.65. The zero-order valence-electron chi connectivity index (χ0n) is 7.16. The van der Waals surface area contributed by atoms with Gasteiger partial charge in [0.25, 0.3) is 0 Å². The number of methoxy groups -OCH3 is 1. The number of allylic oxidation sites excluding steroid dienone is 1. The molecule has 0 aromatic heterocycles. The van der Waals surface area contributed by atoms with Crippen molar-refractivity contribution in [3.63, 3.8) is 0 Å². The van der Waals surface area contributed by atoms with Crippen molar-refractivity contribution in [2.45, 2.75) is 0 Å². The van der Waals surface area contributed by atoms with E-state index < -0.39 is 5.24 Å². The number of carbonyl (C=O) groups excluding carboxylic acids is 1. The summed E-state index contributed by atoms with van der Waals surface area (Å²) in [6.07, 6.45) is 2.96. The molecule has 0 amide bonds. The standard InChI is InChI=1S/C10H9ClO2/c1-13-9-5-2-8(3-6-9)4-7-10(11)12/h2-7H,1H3/b7-4-. The first kappa shape index (κ1) is 9.81. The van der Waals surface area contributed by atoms with Gasteiger partial charge in [-0.1, -0.05) is 18.2 Å². The van der Waals surface area contributed by atoms with Crippen LogP contribution < -0.4 is 4.74 Å². The molecule has 1 aromatic carbocycles. The lowest BCUT2D eigenvalue weighted by Crippen LogP contribution is -1.82. The van der Waals surface area contributed by atoms with Crippen LogP contribution in [0.15, 0.2) is 30.3 Å². The Morgan fingerprint density at radius 1 is 1.38 bits per heavy atom. The molecule has 3 heteroatoms. The van der Waals surface area contributed by atoms with E-state index in [2.05, 4.69) is 0 Å². The maximum Gasteiger partial charge on any atom is 0.245 e. The van der Waals surface area contributed by atoms with E-state index in [-0.39, 0.29) is 0 Å².